The largest absolute Gasteiger partial charge is 0.481 e. The van der Waals surface area contributed by atoms with E-state index in [0.717, 1.165) is 5.92 Å². The summed E-state index contributed by atoms with van der Waals surface area (Å²) in [5, 5.41) is 9.19. The second kappa shape index (κ2) is 4.05. The van der Waals surface area contributed by atoms with Gasteiger partial charge in [0.05, 0.1) is 5.92 Å². The van der Waals surface area contributed by atoms with Crippen LogP contribution in [0.3, 0.4) is 0 Å². The van der Waals surface area contributed by atoms with Gasteiger partial charge in [-0.3, -0.25) is 4.79 Å². The van der Waals surface area contributed by atoms with Crippen LogP contribution in [-0.4, -0.2) is 11.1 Å². The van der Waals surface area contributed by atoms with Crippen molar-refractivity contribution in [3.63, 3.8) is 0 Å². The molecule has 2 unspecified atom stereocenters. The standard InChI is InChI=1S/C14H24O2/c1-4-9-5-7-10(8-6-9)11-12(13(15)16)14(11,2)3/h9-12H,4-8H2,1-3H3,(H,15,16). The van der Waals surface area contributed by atoms with Crippen LogP contribution in [0.4, 0.5) is 0 Å². The van der Waals surface area contributed by atoms with Crippen LogP contribution in [0, 0.1) is 29.1 Å². The third-order valence-electron chi connectivity index (χ3n) is 5.15. The highest BCUT2D eigenvalue weighted by Gasteiger charge is 2.64. The Kier molecular flexibility index (Phi) is 3.02. The average molecular weight is 224 g/mol. The molecule has 0 aliphatic heterocycles. The molecule has 0 bridgehead atoms. The summed E-state index contributed by atoms with van der Waals surface area (Å²) in [7, 11) is 0. The number of carbonyl (C=O) groups is 1. The van der Waals surface area contributed by atoms with Crippen LogP contribution in [0.25, 0.3) is 0 Å². The Morgan fingerprint density at radius 1 is 1.25 bits per heavy atom. The fourth-order valence-corrected chi connectivity index (χ4v) is 3.98. The molecule has 2 aliphatic carbocycles. The van der Waals surface area contributed by atoms with E-state index in [1.54, 1.807) is 0 Å². The molecule has 2 atom stereocenters. The first-order valence-corrected chi connectivity index (χ1v) is 6.71. The number of rotatable bonds is 3. The van der Waals surface area contributed by atoms with Crippen molar-refractivity contribution < 1.29 is 9.90 Å². The zero-order chi connectivity index (χ0) is 11.9. The molecule has 0 heterocycles. The molecule has 0 aromatic heterocycles. The summed E-state index contributed by atoms with van der Waals surface area (Å²) in [5.41, 5.74) is 0.0511. The summed E-state index contributed by atoms with van der Waals surface area (Å²) in [5.74, 6) is 1.38. The van der Waals surface area contributed by atoms with Crippen molar-refractivity contribution in [3.05, 3.63) is 0 Å². The van der Waals surface area contributed by atoms with Gasteiger partial charge in [-0.2, -0.15) is 0 Å². The lowest BCUT2D eigenvalue weighted by atomic mass is 9.77. The van der Waals surface area contributed by atoms with Gasteiger partial charge in [0.25, 0.3) is 0 Å². The summed E-state index contributed by atoms with van der Waals surface area (Å²) < 4.78 is 0. The SMILES string of the molecule is CCC1CCC(C2C(C(=O)O)C2(C)C)CC1. The zero-order valence-electron chi connectivity index (χ0n) is 10.7. The molecule has 0 radical (unpaired) electrons. The fraction of sp³-hybridized carbons (Fsp3) is 0.929. The van der Waals surface area contributed by atoms with E-state index >= 15 is 0 Å². The maximum absolute atomic E-state index is 11.2. The predicted octanol–water partition coefficient (Wildman–Crippen LogP) is 3.56. The van der Waals surface area contributed by atoms with E-state index in [-0.39, 0.29) is 11.3 Å². The summed E-state index contributed by atoms with van der Waals surface area (Å²) in [6.45, 7) is 6.52. The molecule has 2 nitrogen and oxygen atoms in total. The van der Waals surface area contributed by atoms with Crippen molar-refractivity contribution in [1.29, 1.82) is 0 Å². The molecule has 2 aliphatic rings. The minimum absolute atomic E-state index is 0.0511. The number of aliphatic carboxylic acids is 1. The molecule has 2 fully saturated rings. The van der Waals surface area contributed by atoms with Gasteiger partial charge in [0.15, 0.2) is 0 Å². The van der Waals surface area contributed by atoms with E-state index in [4.69, 9.17) is 0 Å². The van der Waals surface area contributed by atoms with Gasteiger partial charge in [0.2, 0.25) is 0 Å². The van der Waals surface area contributed by atoms with Crippen molar-refractivity contribution in [2.24, 2.45) is 29.1 Å². The maximum Gasteiger partial charge on any atom is 0.307 e. The second-order valence-electron chi connectivity index (χ2n) is 6.35. The van der Waals surface area contributed by atoms with Crippen molar-refractivity contribution >= 4 is 5.97 Å². The third-order valence-corrected chi connectivity index (χ3v) is 5.15. The molecule has 1 N–H and O–H groups in total. The Bertz CT molecular complexity index is 274. The number of hydrogen-bond donors (Lipinski definition) is 1. The Labute approximate surface area is 98.4 Å². The van der Waals surface area contributed by atoms with Crippen molar-refractivity contribution in [1.82, 2.24) is 0 Å². The first kappa shape index (κ1) is 11.9. The van der Waals surface area contributed by atoms with Crippen LogP contribution in [0.2, 0.25) is 0 Å². The molecule has 0 saturated heterocycles. The van der Waals surface area contributed by atoms with Crippen LogP contribution >= 0.6 is 0 Å². The van der Waals surface area contributed by atoms with Gasteiger partial charge >= 0.3 is 5.97 Å². The van der Waals surface area contributed by atoms with E-state index in [1.807, 2.05) is 0 Å². The van der Waals surface area contributed by atoms with E-state index in [9.17, 15) is 9.90 Å². The van der Waals surface area contributed by atoms with Gasteiger partial charge in [-0.15, -0.1) is 0 Å². The summed E-state index contributed by atoms with van der Waals surface area (Å²) in [4.78, 5) is 11.2. The van der Waals surface area contributed by atoms with Gasteiger partial charge < -0.3 is 5.11 Å². The minimum Gasteiger partial charge on any atom is -0.481 e. The smallest absolute Gasteiger partial charge is 0.307 e. The number of hydrogen-bond acceptors (Lipinski definition) is 1. The summed E-state index contributed by atoms with van der Waals surface area (Å²) in [6.07, 6.45) is 6.45. The highest BCUT2D eigenvalue weighted by molar-refractivity contribution is 5.75. The number of carboxylic acid groups (broad SMARTS) is 1. The van der Waals surface area contributed by atoms with E-state index in [2.05, 4.69) is 20.8 Å². The van der Waals surface area contributed by atoms with Crippen molar-refractivity contribution in [3.8, 4) is 0 Å². The van der Waals surface area contributed by atoms with E-state index in [1.165, 1.54) is 32.1 Å². The lowest BCUT2D eigenvalue weighted by Gasteiger charge is -2.28. The molecule has 2 heteroatoms. The molecule has 2 rings (SSSR count). The van der Waals surface area contributed by atoms with Crippen LogP contribution in [0.1, 0.15) is 52.9 Å². The monoisotopic (exact) mass is 224 g/mol. The van der Waals surface area contributed by atoms with Gasteiger partial charge in [-0.05, 0) is 36.0 Å². The van der Waals surface area contributed by atoms with Gasteiger partial charge in [0, 0.05) is 0 Å². The Hall–Kier alpha value is -0.530. The molecule has 0 amide bonds. The van der Waals surface area contributed by atoms with Gasteiger partial charge in [0.1, 0.15) is 0 Å². The van der Waals surface area contributed by atoms with Crippen LogP contribution in [-0.2, 0) is 4.79 Å². The summed E-state index contributed by atoms with van der Waals surface area (Å²) >= 11 is 0. The average Bonchev–Trinajstić information content (AvgIpc) is 2.82. The van der Waals surface area contributed by atoms with Crippen molar-refractivity contribution in [2.45, 2.75) is 52.9 Å². The topological polar surface area (TPSA) is 37.3 Å². The highest BCUT2D eigenvalue weighted by Crippen LogP contribution is 2.64. The molecule has 0 aromatic rings. The van der Waals surface area contributed by atoms with Crippen LogP contribution < -0.4 is 0 Å². The Morgan fingerprint density at radius 2 is 1.81 bits per heavy atom. The maximum atomic E-state index is 11.2. The summed E-state index contributed by atoms with van der Waals surface area (Å²) in [6, 6.07) is 0. The zero-order valence-corrected chi connectivity index (χ0v) is 10.7. The molecule has 92 valence electrons. The third kappa shape index (κ3) is 1.87. The second-order valence-corrected chi connectivity index (χ2v) is 6.35. The van der Waals surface area contributed by atoms with Crippen LogP contribution in [0.15, 0.2) is 0 Å². The van der Waals surface area contributed by atoms with Gasteiger partial charge in [-0.25, -0.2) is 0 Å². The molecular formula is C14H24O2. The van der Waals surface area contributed by atoms with Crippen molar-refractivity contribution in [2.75, 3.05) is 0 Å². The Morgan fingerprint density at radius 3 is 2.19 bits per heavy atom. The van der Waals surface area contributed by atoms with E-state index in [0.29, 0.717) is 11.8 Å². The molecule has 0 aromatic carbocycles. The normalized spacial score (nSPS) is 41.7. The Balaban J connectivity index is 1.94. The molecular weight excluding hydrogens is 200 g/mol. The van der Waals surface area contributed by atoms with Crippen LogP contribution in [0.5, 0.6) is 0 Å². The predicted molar refractivity (Wildman–Crippen MR) is 64.1 cm³/mol. The molecule has 16 heavy (non-hydrogen) atoms. The molecule has 0 spiro atoms. The fourth-order valence-electron chi connectivity index (χ4n) is 3.98. The first-order valence-electron chi connectivity index (χ1n) is 6.71. The lowest BCUT2D eigenvalue weighted by molar-refractivity contribution is -0.139. The van der Waals surface area contributed by atoms with E-state index < -0.39 is 5.97 Å². The molecule has 2 saturated carbocycles. The first-order chi connectivity index (χ1) is 7.48. The lowest BCUT2D eigenvalue weighted by Crippen LogP contribution is -2.18. The number of carboxylic acids is 1. The minimum atomic E-state index is -0.576. The highest BCUT2D eigenvalue weighted by atomic mass is 16.4. The quantitative estimate of drug-likeness (QED) is 0.796. The van der Waals surface area contributed by atoms with Gasteiger partial charge in [-0.1, -0.05) is 40.0 Å².